The minimum absolute atomic E-state index is 0. The van der Waals surface area contributed by atoms with E-state index in [1.165, 1.54) is 0 Å². The molecule has 0 radical (unpaired) electrons. The van der Waals surface area contributed by atoms with Crippen molar-refractivity contribution in [2.24, 2.45) is 5.92 Å². The van der Waals surface area contributed by atoms with Crippen molar-refractivity contribution < 1.29 is 12.3 Å². The van der Waals surface area contributed by atoms with Gasteiger partial charge in [0.1, 0.15) is 0 Å². The van der Waals surface area contributed by atoms with Gasteiger partial charge in [-0.15, -0.1) is 16.3 Å². The van der Waals surface area contributed by atoms with Crippen LogP contribution in [0.3, 0.4) is 0 Å². The van der Waals surface area contributed by atoms with Crippen LogP contribution >= 0.6 is 12.4 Å². The highest BCUT2D eigenvalue weighted by atomic mass is 35.5. The van der Waals surface area contributed by atoms with Crippen molar-refractivity contribution in [3.63, 3.8) is 0 Å². The normalized spacial score (nSPS) is 23.6. The molecule has 1 aliphatic heterocycles. The number of nitrogens with one attached hydrogen (secondary N) is 1. The second kappa shape index (κ2) is 5.78. The van der Waals surface area contributed by atoms with Gasteiger partial charge in [-0.25, -0.2) is 0 Å². The van der Waals surface area contributed by atoms with Crippen LogP contribution in [0, 0.1) is 5.92 Å². The van der Waals surface area contributed by atoms with E-state index in [2.05, 4.69) is 5.32 Å². The number of hydrogen-bond acceptors (Lipinski definition) is 3. The van der Waals surface area contributed by atoms with E-state index >= 15 is 0 Å². The van der Waals surface area contributed by atoms with Crippen molar-refractivity contribution in [3.8, 4) is 0 Å². The van der Waals surface area contributed by atoms with E-state index in [4.69, 9.17) is 0 Å². The predicted octanol–water partition coefficient (Wildman–Crippen LogP) is 1.10. The summed E-state index contributed by atoms with van der Waals surface area (Å²) in [7, 11) is -4.25. The molecule has 0 aromatic carbocycles. The molecule has 0 aromatic rings. The van der Waals surface area contributed by atoms with Crippen molar-refractivity contribution >= 4 is 22.6 Å². The fraction of sp³-hybridized carbons (Fsp3) is 1.00. The van der Waals surface area contributed by atoms with E-state index in [0.29, 0.717) is 12.3 Å². The molecule has 1 fully saturated rings. The van der Waals surface area contributed by atoms with Crippen LogP contribution in [0.5, 0.6) is 0 Å². The lowest BCUT2D eigenvalue weighted by Crippen LogP contribution is -2.30. The first kappa shape index (κ1) is 13.1. The Hall–Kier alpha value is 0.130. The van der Waals surface area contributed by atoms with Gasteiger partial charge in [0.05, 0.1) is 5.75 Å². The molecule has 80 valence electrons. The summed E-state index contributed by atoms with van der Waals surface area (Å²) < 4.78 is 32.5. The maximum Gasteiger partial charge on any atom is 0.302 e. The maximum absolute atomic E-state index is 12.1. The molecule has 1 unspecified atom stereocenters. The summed E-state index contributed by atoms with van der Waals surface area (Å²) in [5.74, 6) is 0.0172. The second-order valence-corrected chi connectivity index (χ2v) is 4.73. The smallest absolute Gasteiger partial charge is 0.302 e. The van der Waals surface area contributed by atoms with E-state index in [0.717, 1.165) is 25.9 Å². The summed E-state index contributed by atoms with van der Waals surface area (Å²) in [6.07, 6.45) is 2.53. The Labute approximate surface area is 84.7 Å². The molecule has 0 aromatic heterocycles. The monoisotopic (exact) mass is 231 g/mol. The highest BCUT2D eigenvalue weighted by molar-refractivity contribution is 7.86. The van der Waals surface area contributed by atoms with E-state index < -0.39 is 10.2 Å². The molecule has 1 atom stereocenters. The summed E-state index contributed by atoms with van der Waals surface area (Å²) in [5, 5.41) is 3.15. The first-order valence-corrected chi connectivity index (χ1v) is 5.76. The van der Waals surface area contributed by atoms with Crippen LogP contribution in [0.1, 0.15) is 19.3 Å². The van der Waals surface area contributed by atoms with E-state index in [1.54, 1.807) is 0 Å². The van der Waals surface area contributed by atoms with Gasteiger partial charge in [-0.05, 0) is 38.3 Å². The first-order chi connectivity index (χ1) is 5.58. The van der Waals surface area contributed by atoms with E-state index in [9.17, 15) is 12.3 Å². The van der Waals surface area contributed by atoms with Crippen LogP contribution in [0.25, 0.3) is 0 Å². The average Bonchev–Trinajstić information content (AvgIpc) is 2.02. The number of hydrogen-bond donors (Lipinski definition) is 1. The molecule has 0 amide bonds. The number of rotatable bonds is 3. The Morgan fingerprint density at radius 2 is 2.15 bits per heavy atom. The second-order valence-electron chi connectivity index (χ2n) is 3.24. The largest absolute Gasteiger partial charge is 0.316 e. The highest BCUT2D eigenvalue weighted by Crippen LogP contribution is 2.15. The average molecular weight is 232 g/mol. The molecule has 6 heteroatoms. The fourth-order valence-corrected chi connectivity index (χ4v) is 2.09. The number of halogens is 2. The molecule has 1 saturated heterocycles. The topological polar surface area (TPSA) is 46.2 Å². The minimum atomic E-state index is -4.25. The highest BCUT2D eigenvalue weighted by Gasteiger charge is 2.16. The van der Waals surface area contributed by atoms with Gasteiger partial charge in [-0.1, -0.05) is 0 Å². The number of piperidine rings is 1. The molecule has 0 bridgehead atoms. The summed E-state index contributed by atoms with van der Waals surface area (Å²) in [6, 6.07) is 0. The third-order valence-electron chi connectivity index (χ3n) is 2.17. The molecular weight excluding hydrogens is 217 g/mol. The van der Waals surface area contributed by atoms with Gasteiger partial charge >= 0.3 is 10.2 Å². The minimum Gasteiger partial charge on any atom is -0.316 e. The molecule has 0 saturated carbocycles. The third-order valence-corrected chi connectivity index (χ3v) is 2.89. The lowest BCUT2D eigenvalue weighted by Gasteiger charge is -2.21. The Morgan fingerprint density at radius 3 is 2.62 bits per heavy atom. The SMILES string of the molecule is Cl.O=S(=O)(F)CCC1CCCNC1. The first-order valence-electron chi connectivity index (χ1n) is 4.21. The molecule has 1 rings (SSSR count). The third kappa shape index (κ3) is 6.23. The molecule has 0 aliphatic carbocycles. The van der Waals surface area contributed by atoms with Crippen molar-refractivity contribution in [2.75, 3.05) is 18.8 Å². The van der Waals surface area contributed by atoms with Gasteiger partial charge < -0.3 is 5.32 Å². The maximum atomic E-state index is 12.1. The molecule has 1 heterocycles. The van der Waals surface area contributed by atoms with Crippen LogP contribution in [0.15, 0.2) is 0 Å². The van der Waals surface area contributed by atoms with Crippen LogP contribution in [-0.4, -0.2) is 27.3 Å². The Bertz CT molecular complexity index is 227. The Kier molecular flexibility index (Phi) is 5.83. The fourth-order valence-electron chi connectivity index (χ4n) is 1.48. The molecular formula is C7H15ClFNO2S. The van der Waals surface area contributed by atoms with Crippen molar-refractivity contribution in [1.82, 2.24) is 5.32 Å². The van der Waals surface area contributed by atoms with Crippen molar-refractivity contribution in [3.05, 3.63) is 0 Å². The van der Waals surface area contributed by atoms with Crippen molar-refractivity contribution in [1.29, 1.82) is 0 Å². The zero-order chi connectivity index (χ0) is 9.03. The van der Waals surface area contributed by atoms with E-state index in [-0.39, 0.29) is 18.2 Å². The lowest BCUT2D eigenvalue weighted by molar-refractivity contribution is 0.367. The molecule has 1 N–H and O–H groups in total. The molecule has 3 nitrogen and oxygen atoms in total. The van der Waals surface area contributed by atoms with Crippen molar-refractivity contribution in [2.45, 2.75) is 19.3 Å². The van der Waals surface area contributed by atoms with Gasteiger partial charge in [-0.2, -0.15) is 8.42 Å². The standard InChI is InChI=1S/C7H14FNO2S.ClH/c8-12(10,11)5-3-7-2-1-4-9-6-7;/h7,9H,1-6H2;1H. The molecule has 13 heavy (non-hydrogen) atoms. The Balaban J connectivity index is 0.00000144. The van der Waals surface area contributed by atoms with Gasteiger partial charge in [0.15, 0.2) is 0 Å². The quantitative estimate of drug-likeness (QED) is 0.740. The summed E-state index contributed by atoms with van der Waals surface area (Å²) >= 11 is 0. The van der Waals surface area contributed by atoms with Crippen LogP contribution in [0.4, 0.5) is 3.89 Å². The zero-order valence-electron chi connectivity index (χ0n) is 7.33. The Morgan fingerprint density at radius 1 is 1.46 bits per heavy atom. The molecule has 1 aliphatic rings. The summed E-state index contributed by atoms with van der Waals surface area (Å²) in [4.78, 5) is 0. The van der Waals surface area contributed by atoms with Crippen LogP contribution in [0.2, 0.25) is 0 Å². The van der Waals surface area contributed by atoms with Crippen LogP contribution < -0.4 is 5.32 Å². The van der Waals surface area contributed by atoms with E-state index in [1.807, 2.05) is 0 Å². The van der Waals surface area contributed by atoms with Crippen LogP contribution in [-0.2, 0) is 10.2 Å². The van der Waals surface area contributed by atoms with Gasteiger partial charge in [0, 0.05) is 0 Å². The lowest BCUT2D eigenvalue weighted by atomic mass is 9.97. The predicted molar refractivity (Wildman–Crippen MR) is 52.4 cm³/mol. The molecule has 0 spiro atoms. The zero-order valence-corrected chi connectivity index (χ0v) is 8.96. The van der Waals surface area contributed by atoms with Gasteiger partial charge in [-0.3, -0.25) is 0 Å². The van der Waals surface area contributed by atoms with Gasteiger partial charge in [0.25, 0.3) is 0 Å². The summed E-state index contributed by atoms with van der Waals surface area (Å²) in [5.41, 5.74) is 0. The van der Waals surface area contributed by atoms with Gasteiger partial charge in [0.2, 0.25) is 0 Å². The summed E-state index contributed by atoms with van der Waals surface area (Å²) in [6.45, 7) is 1.83.